The number of rotatable bonds is 7. The van der Waals surface area contributed by atoms with Crippen LogP contribution in [0.4, 0.5) is 0 Å². The van der Waals surface area contributed by atoms with E-state index < -0.39 is 7.82 Å². The highest BCUT2D eigenvalue weighted by Crippen LogP contribution is 2.37. The monoisotopic (exact) mass is 354 g/mol. The molecule has 132 valence electrons. The van der Waals surface area contributed by atoms with Gasteiger partial charge >= 0.3 is 7.82 Å². The molecule has 1 aromatic carbocycles. The van der Waals surface area contributed by atoms with E-state index in [0.29, 0.717) is 0 Å². The largest absolute Gasteiger partial charge is 0.497 e. The highest BCUT2D eigenvalue weighted by molar-refractivity contribution is 7.46. The van der Waals surface area contributed by atoms with Gasteiger partial charge in [-0.2, -0.15) is 0 Å². The first kappa shape index (κ1) is 17.5. The number of aromatic nitrogens is 1. The molecule has 1 aromatic heterocycles. The minimum absolute atomic E-state index is 0.0670. The summed E-state index contributed by atoms with van der Waals surface area (Å²) in [6.07, 6.45) is 4.81. The van der Waals surface area contributed by atoms with Crippen LogP contribution >= 0.6 is 7.82 Å². The minimum Gasteiger partial charge on any atom is -0.497 e. The molecule has 2 heterocycles. The van der Waals surface area contributed by atoms with Crippen molar-refractivity contribution in [1.29, 1.82) is 0 Å². The number of aromatic amines is 1. The van der Waals surface area contributed by atoms with E-state index in [1.807, 2.05) is 24.4 Å². The second kappa shape index (κ2) is 7.25. The maximum Gasteiger partial charge on any atom is 0.469 e. The molecule has 1 aliphatic rings. The molecule has 3 rings (SSSR count). The molecular formula is C16H23N2O5P. The third-order valence-electron chi connectivity index (χ3n) is 4.58. The number of methoxy groups -OCH3 is 1. The number of fused-ring (bicyclic) bond motifs is 1. The lowest BCUT2D eigenvalue weighted by Gasteiger charge is -2.24. The van der Waals surface area contributed by atoms with Gasteiger partial charge in [-0.05, 0) is 49.6 Å². The number of H-pyrrole nitrogens is 1. The molecule has 3 N–H and O–H groups in total. The molecule has 1 saturated heterocycles. The molecule has 0 bridgehead atoms. The highest BCUT2D eigenvalue weighted by atomic mass is 31.2. The summed E-state index contributed by atoms with van der Waals surface area (Å²) in [4.78, 5) is 23.2. The van der Waals surface area contributed by atoms with Crippen molar-refractivity contribution < 1.29 is 23.6 Å². The van der Waals surface area contributed by atoms with Gasteiger partial charge in [0.2, 0.25) is 0 Å². The maximum atomic E-state index is 10.9. The van der Waals surface area contributed by atoms with Crippen LogP contribution in [-0.4, -0.2) is 52.5 Å². The Morgan fingerprint density at radius 1 is 1.42 bits per heavy atom. The first-order valence-corrected chi connectivity index (χ1v) is 9.57. The van der Waals surface area contributed by atoms with Gasteiger partial charge in [-0.1, -0.05) is 0 Å². The van der Waals surface area contributed by atoms with Crippen LogP contribution in [0.3, 0.4) is 0 Å². The van der Waals surface area contributed by atoms with Crippen molar-refractivity contribution in [3.05, 3.63) is 30.0 Å². The zero-order valence-corrected chi connectivity index (χ0v) is 14.5. The summed E-state index contributed by atoms with van der Waals surface area (Å²) in [5.74, 6) is 0.831. The van der Waals surface area contributed by atoms with E-state index in [1.54, 1.807) is 7.11 Å². The Labute approximate surface area is 140 Å². The number of hydrogen-bond acceptors (Lipinski definition) is 4. The summed E-state index contributed by atoms with van der Waals surface area (Å²) >= 11 is 0. The molecule has 1 atom stereocenters. The fraction of sp³-hybridized carbons (Fsp3) is 0.500. The van der Waals surface area contributed by atoms with Gasteiger partial charge in [0.25, 0.3) is 0 Å². The van der Waals surface area contributed by atoms with Gasteiger partial charge in [0.05, 0.1) is 13.7 Å². The molecular weight excluding hydrogens is 331 g/mol. The lowest BCUT2D eigenvalue weighted by atomic mass is 10.1. The summed E-state index contributed by atoms with van der Waals surface area (Å²) in [7, 11) is -2.74. The number of likely N-dealkylation sites (tertiary alicyclic amines) is 1. The van der Waals surface area contributed by atoms with E-state index in [0.717, 1.165) is 49.0 Å². The number of nitrogens with one attached hydrogen (secondary N) is 1. The second-order valence-electron chi connectivity index (χ2n) is 6.09. The smallest absolute Gasteiger partial charge is 0.469 e. The van der Waals surface area contributed by atoms with Gasteiger partial charge in [0, 0.05) is 29.7 Å². The molecule has 1 fully saturated rings. The summed E-state index contributed by atoms with van der Waals surface area (Å²) in [6.45, 7) is 1.84. The van der Waals surface area contributed by atoms with E-state index in [1.165, 1.54) is 5.56 Å². The van der Waals surface area contributed by atoms with E-state index >= 15 is 0 Å². The number of phosphoric ester groups is 1. The molecule has 0 spiro atoms. The van der Waals surface area contributed by atoms with Crippen molar-refractivity contribution in [3.63, 3.8) is 0 Å². The zero-order chi connectivity index (χ0) is 17.2. The maximum absolute atomic E-state index is 10.9. The average Bonchev–Trinajstić information content (AvgIpc) is 3.16. The van der Waals surface area contributed by atoms with Gasteiger partial charge in [-0.3, -0.25) is 9.42 Å². The summed E-state index contributed by atoms with van der Waals surface area (Å²) in [5, 5.41) is 1.15. The first-order chi connectivity index (χ1) is 11.5. The Kier molecular flexibility index (Phi) is 5.27. The normalized spacial score (nSPS) is 19.2. The van der Waals surface area contributed by atoms with E-state index in [2.05, 4.69) is 14.4 Å². The molecule has 8 heteroatoms. The topological polar surface area (TPSA) is 95.0 Å². The van der Waals surface area contributed by atoms with Crippen molar-refractivity contribution in [2.75, 3.05) is 26.8 Å². The zero-order valence-electron chi connectivity index (χ0n) is 13.6. The van der Waals surface area contributed by atoms with Crippen LogP contribution in [0.2, 0.25) is 0 Å². The molecule has 0 amide bonds. The van der Waals surface area contributed by atoms with Crippen molar-refractivity contribution in [1.82, 2.24) is 9.88 Å². The van der Waals surface area contributed by atoms with Crippen molar-refractivity contribution in [2.24, 2.45) is 0 Å². The van der Waals surface area contributed by atoms with Crippen LogP contribution in [-0.2, 0) is 15.5 Å². The molecule has 0 unspecified atom stereocenters. The predicted molar refractivity (Wildman–Crippen MR) is 91.1 cm³/mol. The van der Waals surface area contributed by atoms with E-state index in [-0.39, 0.29) is 12.6 Å². The van der Waals surface area contributed by atoms with E-state index in [4.69, 9.17) is 14.5 Å². The van der Waals surface area contributed by atoms with Gasteiger partial charge in [-0.15, -0.1) is 0 Å². The lowest BCUT2D eigenvalue weighted by molar-refractivity contribution is 0.135. The van der Waals surface area contributed by atoms with Gasteiger partial charge in [0.1, 0.15) is 5.75 Å². The number of ether oxygens (including phenoxy) is 1. The second-order valence-corrected chi connectivity index (χ2v) is 7.33. The Morgan fingerprint density at radius 2 is 2.25 bits per heavy atom. The van der Waals surface area contributed by atoms with Crippen LogP contribution in [0.25, 0.3) is 10.9 Å². The molecule has 0 aliphatic carbocycles. The van der Waals surface area contributed by atoms with Crippen LogP contribution in [0.15, 0.2) is 24.4 Å². The van der Waals surface area contributed by atoms with Gasteiger partial charge in [0.15, 0.2) is 0 Å². The Morgan fingerprint density at radius 3 is 3.00 bits per heavy atom. The number of benzene rings is 1. The highest BCUT2D eigenvalue weighted by Gasteiger charge is 2.27. The summed E-state index contributed by atoms with van der Waals surface area (Å²) in [6, 6.07) is 6.03. The predicted octanol–water partition coefficient (Wildman–Crippen LogP) is 2.29. The average molecular weight is 354 g/mol. The molecule has 1 aliphatic heterocycles. The summed E-state index contributed by atoms with van der Waals surface area (Å²) < 4.78 is 20.9. The fourth-order valence-corrected chi connectivity index (χ4v) is 3.68. The third-order valence-corrected chi connectivity index (χ3v) is 5.06. The quantitative estimate of drug-likeness (QED) is 0.661. The van der Waals surface area contributed by atoms with Gasteiger partial charge in [-0.25, -0.2) is 4.57 Å². The third kappa shape index (κ3) is 4.18. The summed E-state index contributed by atoms with van der Waals surface area (Å²) in [5.41, 5.74) is 2.29. The fourth-order valence-electron chi connectivity index (χ4n) is 3.32. The van der Waals surface area contributed by atoms with Crippen LogP contribution in [0.5, 0.6) is 5.75 Å². The van der Waals surface area contributed by atoms with Crippen LogP contribution in [0, 0.1) is 0 Å². The molecule has 0 radical (unpaired) electrons. The first-order valence-electron chi connectivity index (χ1n) is 8.04. The standard InChI is InChI=1S/C16H23N2O5P/c1-22-14-4-5-16-15(9-14)12(10-17-16)6-8-18-7-2-3-13(18)11-23-24(19,20)21/h4-5,9-10,13,17H,2-3,6-8,11H2,1H3,(H2,19,20,21)/t13-/m0/s1. The van der Waals surface area contributed by atoms with Crippen molar-refractivity contribution in [2.45, 2.75) is 25.3 Å². The van der Waals surface area contributed by atoms with Crippen molar-refractivity contribution >= 4 is 18.7 Å². The lowest BCUT2D eigenvalue weighted by Crippen LogP contribution is -2.34. The molecule has 2 aromatic rings. The molecule has 0 saturated carbocycles. The molecule has 7 nitrogen and oxygen atoms in total. The SMILES string of the molecule is COc1ccc2[nH]cc(CCN3CCC[C@H]3COP(=O)(O)O)c2c1. The van der Waals surface area contributed by atoms with E-state index in [9.17, 15) is 4.57 Å². The Hall–Kier alpha value is -1.37. The van der Waals surface area contributed by atoms with Gasteiger partial charge < -0.3 is 19.5 Å². The van der Waals surface area contributed by atoms with Crippen molar-refractivity contribution in [3.8, 4) is 5.75 Å². The molecule has 24 heavy (non-hydrogen) atoms. The number of hydrogen-bond donors (Lipinski definition) is 3. The van der Waals surface area contributed by atoms with Crippen LogP contribution < -0.4 is 4.74 Å². The number of nitrogens with zero attached hydrogens (tertiary/aromatic N) is 1. The Balaban J connectivity index is 1.63. The minimum atomic E-state index is -4.40. The number of phosphoric acid groups is 1. The Bertz CT molecular complexity index is 741. The van der Waals surface area contributed by atoms with Crippen LogP contribution in [0.1, 0.15) is 18.4 Å².